The highest BCUT2D eigenvalue weighted by Gasteiger charge is 2.57. The Bertz CT molecular complexity index is 2110. The van der Waals surface area contributed by atoms with Crippen LogP contribution in [0, 0.1) is 24.7 Å². The predicted octanol–water partition coefficient (Wildman–Crippen LogP) is -0.0237. The fourth-order valence-electron chi connectivity index (χ4n) is 5.28. The zero-order valence-electron chi connectivity index (χ0n) is 30.0. The molecule has 3 aromatic rings. The molecule has 2 aromatic heterocycles. The third-order valence-corrected chi connectivity index (χ3v) is 9.84. The molecule has 1 aromatic carbocycles. The number of nitrogen functional groups attached to an aromatic ring is 2. The van der Waals surface area contributed by atoms with E-state index >= 15 is 4.39 Å². The SMILES string of the molecule is C#C[C@]1(CO)O[C@@H](n2ccc(N)nc2=O)[C@H](F)[C@@H]1O.C#C[C@]1(COP(=O)(N[C@@H](C)C(=O)OC(C)C)Oc2ccccc2)O[C@@H](n2ccc(N)nc2=O)[C@H](F)[C@@H]1O. The monoisotopic (exact) mass is 807 g/mol. The number of nitrogens with one attached hydrogen (secondary N) is 1. The maximum absolute atomic E-state index is 15.1. The molecule has 8 N–H and O–H groups in total. The maximum atomic E-state index is 15.1. The number of halogens is 2. The van der Waals surface area contributed by atoms with Crippen LogP contribution in [-0.4, -0.2) is 102 Å². The first-order chi connectivity index (χ1) is 26.3. The van der Waals surface area contributed by atoms with Gasteiger partial charge in [0.25, 0.3) is 0 Å². The number of para-hydroxylation sites is 1. The minimum atomic E-state index is -4.41. The van der Waals surface area contributed by atoms with Crippen molar-refractivity contribution in [2.75, 3.05) is 24.7 Å². The quantitative estimate of drug-likeness (QED) is 0.0797. The zero-order valence-corrected chi connectivity index (χ0v) is 30.9. The van der Waals surface area contributed by atoms with Crippen molar-refractivity contribution in [2.45, 2.75) is 81.1 Å². The molecule has 0 saturated carbocycles. The lowest BCUT2D eigenvalue weighted by Crippen LogP contribution is -2.45. The third kappa shape index (κ3) is 9.41. The van der Waals surface area contributed by atoms with Crippen LogP contribution in [0.4, 0.5) is 20.4 Å². The number of benzene rings is 1. The van der Waals surface area contributed by atoms with Gasteiger partial charge >= 0.3 is 25.1 Å². The number of nitrogens with zero attached hydrogens (tertiary/aromatic N) is 4. The van der Waals surface area contributed by atoms with Gasteiger partial charge in [-0.25, -0.2) is 22.9 Å². The molecule has 22 heteroatoms. The first kappa shape index (κ1) is 43.5. The standard InChI is InChI=1S/C23H28FN4O8P.C11H12FN3O4/c1-5-23(19(29)18(24)20(35-23)28-12-11-17(25)26-22(28)31)13-33-37(32,36-16-9-7-6-8-10-16)27-15(4)21(30)34-14(2)3;1-2-11(5-16)8(17)7(12)9(19-11)15-4-3-6(13)14-10(15)18/h1,6-12,14-15,18-20,29H,13H2,2-4H3,(H,27,32)(H2,25,26,31);1,3-4,7-9,16-17H,5H2,(H2,13,14,18)/t15-,18+,19-,20+,23+,37?;7-,8+,9-,11-/m01/s1. The number of hydrogen-bond donors (Lipinski definition) is 6. The summed E-state index contributed by atoms with van der Waals surface area (Å²) in [5.74, 6) is 3.40. The third-order valence-electron chi connectivity index (χ3n) is 8.22. The van der Waals surface area contributed by atoms with Gasteiger partial charge in [0.1, 0.15) is 42.2 Å². The summed E-state index contributed by atoms with van der Waals surface area (Å²) in [6.07, 6.45) is 1.52. The average molecular weight is 808 g/mol. The van der Waals surface area contributed by atoms with Gasteiger partial charge in [0.15, 0.2) is 36.0 Å². The maximum Gasteiger partial charge on any atom is 0.459 e. The number of ether oxygens (including phenoxy) is 3. The van der Waals surface area contributed by atoms with E-state index in [0.29, 0.717) is 0 Å². The van der Waals surface area contributed by atoms with Gasteiger partial charge in [0, 0.05) is 12.4 Å². The molecular weight excluding hydrogens is 767 g/mol. The molecule has 302 valence electrons. The van der Waals surface area contributed by atoms with Crippen LogP contribution in [0.3, 0.4) is 0 Å². The van der Waals surface area contributed by atoms with E-state index in [2.05, 4.69) is 21.0 Å². The van der Waals surface area contributed by atoms with Crippen molar-refractivity contribution in [3.8, 4) is 30.4 Å². The fraction of sp³-hybridized carbons (Fsp3) is 0.441. The second-order valence-corrected chi connectivity index (χ2v) is 14.3. The van der Waals surface area contributed by atoms with Crippen LogP contribution in [-0.2, 0) is 28.1 Å². The summed E-state index contributed by atoms with van der Waals surface area (Å²) in [5, 5.41) is 32.0. The lowest BCUT2D eigenvalue weighted by molar-refractivity contribution is -0.149. The van der Waals surface area contributed by atoms with Crippen LogP contribution in [0.15, 0.2) is 64.4 Å². The van der Waals surface area contributed by atoms with E-state index in [1.54, 1.807) is 32.0 Å². The van der Waals surface area contributed by atoms with Gasteiger partial charge in [0.05, 0.1) is 12.7 Å². The molecule has 0 spiro atoms. The number of hydrogen-bond acceptors (Lipinski definition) is 16. The van der Waals surface area contributed by atoms with Gasteiger partial charge in [-0.3, -0.25) is 18.5 Å². The van der Waals surface area contributed by atoms with Crippen LogP contribution in [0.25, 0.3) is 0 Å². The number of anilines is 2. The highest BCUT2D eigenvalue weighted by Crippen LogP contribution is 2.48. The minimum Gasteiger partial charge on any atom is -0.462 e. The van der Waals surface area contributed by atoms with E-state index in [4.69, 9.17) is 52.7 Å². The van der Waals surface area contributed by atoms with Gasteiger partial charge < -0.3 is 45.5 Å². The summed E-state index contributed by atoms with van der Waals surface area (Å²) in [4.78, 5) is 43.0. The van der Waals surface area contributed by atoms with Crippen molar-refractivity contribution in [1.29, 1.82) is 0 Å². The molecule has 4 heterocycles. The highest BCUT2D eigenvalue weighted by atomic mass is 31.2. The minimum absolute atomic E-state index is 0.0272. The highest BCUT2D eigenvalue weighted by molar-refractivity contribution is 7.52. The van der Waals surface area contributed by atoms with E-state index < -0.39 is 98.7 Å². The molecule has 56 heavy (non-hydrogen) atoms. The molecule has 2 saturated heterocycles. The summed E-state index contributed by atoms with van der Waals surface area (Å²) in [6.45, 7) is 3.03. The Labute approximate surface area is 318 Å². The van der Waals surface area contributed by atoms with Crippen LogP contribution in [0.2, 0.25) is 0 Å². The number of aliphatic hydroxyl groups is 3. The normalized spacial score (nSPS) is 28.6. The number of carbonyl (C=O) groups excluding carboxylic acids is 1. The van der Waals surface area contributed by atoms with Crippen LogP contribution in [0.5, 0.6) is 5.75 Å². The van der Waals surface area contributed by atoms with Gasteiger partial charge in [-0.1, -0.05) is 30.0 Å². The smallest absolute Gasteiger partial charge is 0.459 e. The molecule has 0 amide bonds. The second kappa shape index (κ2) is 17.7. The molecule has 2 aliphatic heterocycles. The number of carbonyl (C=O) groups is 1. The lowest BCUT2D eigenvalue weighted by atomic mass is 9.98. The Balaban J connectivity index is 0.000000306. The molecular formula is C34H40F2N7O12P. The van der Waals surface area contributed by atoms with Crippen molar-refractivity contribution in [2.24, 2.45) is 0 Å². The number of aromatic nitrogens is 4. The Morgan fingerprint density at radius 1 is 0.946 bits per heavy atom. The van der Waals surface area contributed by atoms with Gasteiger partial charge in [-0.05, 0) is 45.0 Å². The number of rotatable bonds is 12. The molecule has 0 radical (unpaired) electrons. The average Bonchev–Trinajstić information content (AvgIpc) is 3.55. The number of esters is 1. The first-order valence-corrected chi connectivity index (χ1v) is 18.1. The second-order valence-electron chi connectivity index (χ2n) is 12.6. The summed E-state index contributed by atoms with van der Waals surface area (Å²) < 4.78 is 71.3. The topological polar surface area (TPSA) is 275 Å². The van der Waals surface area contributed by atoms with Gasteiger partial charge in [-0.15, -0.1) is 12.8 Å². The zero-order chi connectivity index (χ0) is 41.6. The van der Waals surface area contributed by atoms with Crippen LogP contribution >= 0.6 is 7.75 Å². The molecule has 10 atom stereocenters. The van der Waals surface area contributed by atoms with Crippen molar-refractivity contribution < 1.29 is 56.7 Å². The van der Waals surface area contributed by atoms with Crippen molar-refractivity contribution in [1.82, 2.24) is 24.2 Å². The number of nitrogens with two attached hydrogens (primary N) is 2. The van der Waals surface area contributed by atoms with E-state index in [9.17, 15) is 33.6 Å². The summed E-state index contributed by atoms with van der Waals surface area (Å²) in [7, 11) is -4.41. The summed E-state index contributed by atoms with van der Waals surface area (Å²) in [5.41, 5.74) is 4.93. The molecule has 19 nitrogen and oxygen atoms in total. The summed E-state index contributed by atoms with van der Waals surface area (Å²) in [6, 6.07) is 9.24. The van der Waals surface area contributed by atoms with Gasteiger partial charge in [0.2, 0.25) is 0 Å². The van der Waals surface area contributed by atoms with Crippen LogP contribution < -0.4 is 32.5 Å². The van der Waals surface area contributed by atoms with Crippen molar-refractivity contribution in [3.63, 3.8) is 0 Å². The summed E-state index contributed by atoms with van der Waals surface area (Å²) >= 11 is 0. The van der Waals surface area contributed by atoms with Crippen LogP contribution in [0.1, 0.15) is 33.2 Å². The van der Waals surface area contributed by atoms with E-state index in [0.717, 1.165) is 15.3 Å². The van der Waals surface area contributed by atoms with Crippen molar-refractivity contribution in [3.05, 3.63) is 75.8 Å². The number of terminal acetylenes is 2. The molecule has 2 aliphatic rings. The number of alkyl halides is 2. The number of aliphatic hydroxyl groups excluding tert-OH is 3. The molecule has 5 rings (SSSR count). The Morgan fingerprint density at radius 3 is 1.86 bits per heavy atom. The van der Waals surface area contributed by atoms with E-state index in [-0.39, 0.29) is 17.4 Å². The molecule has 0 aliphatic carbocycles. The van der Waals surface area contributed by atoms with E-state index in [1.165, 1.54) is 37.4 Å². The predicted molar refractivity (Wildman–Crippen MR) is 193 cm³/mol. The van der Waals surface area contributed by atoms with Gasteiger partial charge in [-0.2, -0.15) is 15.1 Å². The molecule has 1 unspecified atom stereocenters. The Morgan fingerprint density at radius 2 is 1.43 bits per heavy atom. The molecule has 2 fully saturated rings. The largest absolute Gasteiger partial charge is 0.462 e. The lowest BCUT2D eigenvalue weighted by Gasteiger charge is -2.29. The Hall–Kier alpha value is -5.22. The molecule has 0 bridgehead atoms. The van der Waals surface area contributed by atoms with E-state index in [1.807, 2.05) is 5.92 Å². The first-order valence-electron chi connectivity index (χ1n) is 16.6. The van der Waals surface area contributed by atoms with Crippen molar-refractivity contribution >= 4 is 25.4 Å². The Kier molecular flexibility index (Phi) is 13.8. The fourth-order valence-corrected chi connectivity index (χ4v) is 6.80.